The van der Waals surface area contributed by atoms with Gasteiger partial charge < -0.3 is 29.9 Å². The average Bonchev–Trinajstić information content (AvgIpc) is 3.07. The first-order valence-electron chi connectivity index (χ1n) is 14.9. The number of aromatic nitrogens is 1. The van der Waals surface area contributed by atoms with Gasteiger partial charge in [-0.25, -0.2) is 0 Å². The number of nitrogens with zero attached hydrogens (tertiary/aromatic N) is 4. The van der Waals surface area contributed by atoms with Crippen molar-refractivity contribution in [2.75, 3.05) is 56.6 Å². The summed E-state index contributed by atoms with van der Waals surface area (Å²) in [5.74, 6) is -0.897. The fraction of sp³-hybridized carbons (Fsp3) is 0.257. The number of amides is 2. The van der Waals surface area contributed by atoms with Gasteiger partial charge in [0.2, 0.25) is 0 Å². The van der Waals surface area contributed by atoms with Crippen molar-refractivity contribution in [2.24, 2.45) is 0 Å². The Kier molecular flexibility index (Phi) is 10.4. The van der Waals surface area contributed by atoms with Crippen LogP contribution >= 0.6 is 0 Å². The Bertz CT molecular complexity index is 1610. The Labute approximate surface area is 262 Å². The van der Waals surface area contributed by atoms with Crippen molar-refractivity contribution in [3.63, 3.8) is 0 Å². The fourth-order valence-electron chi connectivity index (χ4n) is 5.22. The lowest BCUT2D eigenvalue weighted by atomic mass is 10.0. The number of anilines is 2. The molecule has 2 heterocycles. The molecule has 0 bridgehead atoms. The monoisotopic (exact) mass is 607 g/mol. The molecule has 0 radical (unpaired) electrons. The summed E-state index contributed by atoms with van der Waals surface area (Å²) in [6.45, 7) is 3.69. The Hall–Kier alpha value is -5.22. The number of piperazine rings is 1. The third kappa shape index (κ3) is 8.67. The van der Waals surface area contributed by atoms with Crippen LogP contribution in [-0.2, 0) is 16.1 Å². The van der Waals surface area contributed by atoms with Crippen molar-refractivity contribution in [1.82, 2.24) is 14.8 Å². The molecule has 1 aliphatic heterocycles. The Balaban J connectivity index is 1.38. The minimum absolute atomic E-state index is 0.0637. The predicted octanol–water partition coefficient (Wildman–Crippen LogP) is 4.64. The van der Waals surface area contributed by atoms with Crippen LogP contribution in [0.15, 0.2) is 97.3 Å². The summed E-state index contributed by atoms with van der Waals surface area (Å²) >= 11 is 0. The topological polar surface area (TPSA) is 115 Å². The van der Waals surface area contributed by atoms with E-state index in [1.807, 2.05) is 72.8 Å². The maximum atomic E-state index is 13.3. The largest absolute Gasteiger partial charge is 0.484 e. The minimum atomic E-state index is -0.975. The van der Waals surface area contributed by atoms with Crippen LogP contribution < -0.4 is 15.0 Å². The van der Waals surface area contributed by atoms with Gasteiger partial charge in [0.1, 0.15) is 5.75 Å². The van der Waals surface area contributed by atoms with Gasteiger partial charge in [0.05, 0.1) is 23.4 Å². The molecule has 10 heteroatoms. The molecule has 2 amide bonds. The molecule has 2 N–H and O–H groups in total. The third-order valence-corrected chi connectivity index (χ3v) is 7.65. The molecule has 232 valence electrons. The highest BCUT2D eigenvalue weighted by Gasteiger charge is 2.20. The molecular formula is C35H37N5O5. The van der Waals surface area contributed by atoms with E-state index in [-0.39, 0.29) is 37.9 Å². The molecule has 0 unspecified atom stereocenters. The summed E-state index contributed by atoms with van der Waals surface area (Å²) in [5.41, 5.74) is 4.68. The number of carboxylic acid groups (broad SMARTS) is 1. The van der Waals surface area contributed by atoms with Crippen LogP contribution in [0.1, 0.15) is 22.3 Å². The van der Waals surface area contributed by atoms with Gasteiger partial charge in [-0.3, -0.25) is 19.4 Å². The van der Waals surface area contributed by atoms with Gasteiger partial charge in [0.15, 0.2) is 6.61 Å². The van der Waals surface area contributed by atoms with Crippen molar-refractivity contribution >= 4 is 29.2 Å². The number of likely N-dealkylation sites (N-methyl/N-ethyl adjacent to an activating group) is 1. The molecule has 4 aromatic rings. The Morgan fingerprint density at radius 1 is 0.911 bits per heavy atom. The second-order valence-electron chi connectivity index (χ2n) is 11.0. The molecule has 0 atom stereocenters. The SMILES string of the molecule is CN1CCN(c2ccc(-c3cccc(CN(CCC(=O)O)C(=O)c4cccnc4)c3)cc2NC(=O)COc2ccccc2)CC1. The zero-order chi connectivity index (χ0) is 31.6. The van der Waals surface area contributed by atoms with Crippen molar-refractivity contribution in [2.45, 2.75) is 13.0 Å². The Morgan fingerprint density at radius 2 is 1.69 bits per heavy atom. The van der Waals surface area contributed by atoms with Crippen molar-refractivity contribution in [1.29, 1.82) is 0 Å². The van der Waals surface area contributed by atoms with Crippen molar-refractivity contribution < 1.29 is 24.2 Å². The normalized spacial score (nSPS) is 13.2. The number of hydrogen-bond acceptors (Lipinski definition) is 7. The maximum absolute atomic E-state index is 13.3. The van der Waals surface area contributed by atoms with Gasteiger partial charge in [-0.15, -0.1) is 0 Å². The summed E-state index contributed by atoms with van der Waals surface area (Å²) in [6.07, 6.45) is 2.90. The first-order valence-corrected chi connectivity index (χ1v) is 14.9. The molecule has 1 saturated heterocycles. The number of nitrogens with one attached hydrogen (secondary N) is 1. The van der Waals surface area contributed by atoms with Crippen LogP contribution in [0.4, 0.5) is 11.4 Å². The molecule has 1 fully saturated rings. The van der Waals surface area contributed by atoms with Gasteiger partial charge >= 0.3 is 5.97 Å². The lowest BCUT2D eigenvalue weighted by molar-refractivity contribution is -0.137. The predicted molar refractivity (Wildman–Crippen MR) is 173 cm³/mol. The van der Waals surface area contributed by atoms with Crippen molar-refractivity contribution in [3.8, 4) is 16.9 Å². The van der Waals surface area contributed by atoms with Crippen molar-refractivity contribution in [3.05, 3.63) is 108 Å². The first-order chi connectivity index (χ1) is 21.9. The molecule has 0 saturated carbocycles. The van der Waals surface area contributed by atoms with Gasteiger partial charge in [0.25, 0.3) is 11.8 Å². The second-order valence-corrected chi connectivity index (χ2v) is 11.0. The van der Waals surface area contributed by atoms with E-state index in [1.54, 1.807) is 18.3 Å². The van der Waals surface area contributed by atoms with Crippen LogP contribution in [0, 0.1) is 0 Å². The molecule has 1 aromatic heterocycles. The van der Waals surface area contributed by atoms with Gasteiger partial charge in [-0.2, -0.15) is 0 Å². The lowest BCUT2D eigenvalue weighted by Crippen LogP contribution is -2.44. The highest BCUT2D eigenvalue weighted by Crippen LogP contribution is 2.33. The number of carboxylic acids is 1. The zero-order valence-corrected chi connectivity index (χ0v) is 25.3. The Morgan fingerprint density at radius 3 is 2.42 bits per heavy atom. The number of carbonyl (C=O) groups excluding carboxylic acids is 2. The number of pyridine rings is 1. The van der Waals surface area contributed by atoms with E-state index in [4.69, 9.17) is 4.74 Å². The number of ether oxygens (including phenoxy) is 1. The molecule has 5 rings (SSSR count). The standard InChI is InChI=1S/C35H37N5O5/c1-38-17-19-39(20-18-38)32-13-12-28(22-31(32)37-33(41)25-45-30-10-3-2-4-11-30)27-8-5-7-26(21-27)24-40(16-14-34(42)43)35(44)29-9-6-15-36-23-29/h2-13,15,21-23H,14,16-20,24-25H2,1H3,(H,37,41)(H,42,43). The molecule has 10 nitrogen and oxygen atoms in total. The molecule has 45 heavy (non-hydrogen) atoms. The molecule has 3 aromatic carbocycles. The van der Waals surface area contributed by atoms with Gasteiger partial charge in [-0.05, 0) is 66.2 Å². The van der Waals surface area contributed by atoms with E-state index in [0.717, 1.165) is 48.6 Å². The van der Waals surface area contributed by atoms with Gasteiger partial charge in [-0.1, -0.05) is 42.5 Å². The maximum Gasteiger partial charge on any atom is 0.305 e. The second kappa shape index (κ2) is 15.0. The van der Waals surface area contributed by atoms with E-state index in [2.05, 4.69) is 27.1 Å². The first kappa shape index (κ1) is 31.2. The summed E-state index contributed by atoms with van der Waals surface area (Å²) in [7, 11) is 2.10. The minimum Gasteiger partial charge on any atom is -0.484 e. The number of para-hydroxylation sites is 1. The highest BCUT2D eigenvalue weighted by atomic mass is 16.5. The third-order valence-electron chi connectivity index (χ3n) is 7.65. The lowest BCUT2D eigenvalue weighted by Gasteiger charge is -2.35. The van der Waals surface area contributed by atoms with E-state index in [1.165, 1.54) is 11.1 Å². The van der Waals surface area contributed by atoms with Crippen LogP contribution in [0.3, 0.4) is 0 Å². The summed E-state index contributed by atoms with van der Waals surface area (Å²) < 4.78 is 5.69. The smallest absolute Gasteiger partial charge is 0.305 e. The molecule has 1 aliphatic rings. The van der Waals surface area contributed by atoms with Crippen LogP contribution in [-0.4, -0.2) is 84.1 Å². The quantitative estimate of drug-likeness (QED) is 0.240. The van der Waals surface area contributed by atoms with Crippen LogP contribution in [0.25, 0.3) is 11.1 Å². The summed E-state index contributed by atoms with van der Waals surface area (Å²) in [6, 6.07) is 26.4. The van der Waals surface area contributed by atoms with Crippen LogP contribution in [0.2, 0.25) is 0 Å². The number of carbonyl (C=O) groups is 3. The number of rotatable bonds is 12. The zero-order valence-electron chi connectivity index (χ0n) is 25.3. The van der Waals surface area contributed by atoms with Crippen LogP contribution in [0.5, 0.6) is 5.75 Å². The average molecular weight is 608 g/mol. The molecule has 0 spiro atoms. The fourth-order valence-corrected chi connectivity index (χ4v) is 5.22. The number of hydrogen-bond donors (Lipinski definition) is 2. The van der Waals surface area contributed by atoms with E-state index in [0.29, 0.717) is 17.0 Å². The highest BCUT2D eigenvalue weighted by molar-refractivity contribution is 5.97. The molecule has 0 aliphatic carbocycles. The summed E-state index contributed by atoms with van der Waals surface area (Å²) in [4.78, 5) is 47.7. The van der Waals surface area contributed by atoms with Gasteiger partial charge in [0, 0.05) is 51.7 Å². The number of benzene rings is 3. The molecular weight excluding hydrogens is 570 g/mol. The van der Waals surface area contributed by atoms with E-state index >= 15 is 0 Å². The van der Waals surface area contributed by atoms with E-state index in [9.17, 15) is 19.5 Å². The summed E-state index contributed by atoms with van der Waals surface area (Å²) in [5, 5.41) is 12.4. The van der Waals surface area contributed by atoms with E-state index < -0.39 is 5.97 Å². The number of aliphatic carboxylic acids is 1.